The number of hydrogen-bond acceptors (Lipinski definition) is 6. The highest BCUT2D eigenvalue weighted by molar-refractivity contribution is 8.02. The van der Waals surface area contributed by atoms with E-state index in [-0.39, 0.29) is 16.1 Å². The van der Waals surface area contributed by atoms with Crippen molar-refractivity contribution in [2.75, 3.05) is 5.73 Å². The van der Waals surface area contributed by atoms with Gasteiger partial charge in [-0.2, -0.15) is 21.6 Å². The fourth-order valence-corrected chi connectivity index (χ4v) is 7.13. The van der Waals surface area contributed by atoms with E-state index in [1.54, 1.807) is 0 Å². The maximum Gasteiger partial charge on any atom is 0.418 e. The molecule has 0 aliphatic carbocycles. The third kappa shape index (κ3) is 3.50. The topological polar surface area (TPSA) is 127 Å². The van der Waals surface area contributed by atoms with Crippen molar-refractivity contribution < 1.29 is 34.6 Å². The van der Waals surface area contributed by atoms with E-state index in [1.165, 1.54) is 54.6 Å². The highest BCUT2D eigenvalue weighted by atomic mass is 32.2. The number of rotatable bonds is 4. The summed E-state index contributed by atoms with van der Waals surface area (Å²) in [5.41, 5.74) is 3.09. The molecule has 12 heteroatoms. The van der Waals surface area contributed by atoms with Crippen molar-refractivity contribution in [3.8, 4) is 0 Å². The van der Waals surface area contributed by atoms with E-state index < -0.39 is 52.1 Å². The number of hydrogen-bond donors (Lipinski definition) is 2. The number of nitrogens with two attached hydrogens (primary N) is 1. The number of alkyl halides is 3. The van der Waals surface area contributed by atoms with Crippen LogP contribution >= 0.6 is 0 Å². The second kappa shape index (κ2) is 7.40. The molecular formula is C21H15F3N2O5S2. The summed E-state index contributed by atoms with van der Waals surface area (Å²) in [5, 5.41) is -0.228. The third-order valence-corrected chi connectivity index (χ3v) is 8.52. The van der Waals surface area contributed by atoms with Crippen LogP contribution in [0.1, 0.15) is 11.1 Å². The van der Waals surface area contributed by atoms with Gasteiger partial charge in [0.05, 0.1) is 15.8 Å². The maximum absolute atomic E-state index is 13.7. The molecule has 0 fully saturated rings. The predicted octanol–water partition coefficient (Wildman–Crippen LogP) is 2.24. The zero-order chi connectivity index (χ0) is 24.2. The first-order chi connectivity index (χ1) is 15.3. The molecule has 33 heavy (non-hydrogen) atoms. The Hall–Kier alpha value is -3.22. The fourth-order valence-electron chi connectivity index (χ4n) is 3.74. The molecule has 3 N–H and O–H groups in total. The number of halogens is 3. The van der Waals surface area contributed by atoms with Crippen LogP contribution < -0.4 is 16.3 Å². The lowest BCUT2D eigenvalue weighted by molar-refractivity contribution is -0.137. The SMILES string of the molecule is Nc1ccc(S(=O)(=O)C2=c3ccccc3=NC2(c2ccccc2)S(=O)(=O)O)cc1C(F)(F)F. The first-order valence-electron chi connectivity index (χ1n) is 9.24. The first-order valence-corrected chi connectivity index (χ1v) is 12.2. The van der Waals surface area contributed by atoms with Gasteiger partial charge in [-0.15, -0.1) is 0 Å². The summed E-state index contributed by atoms with van der Waals surface area (Å²) in [6.45, 7) is 0. The Labute approximate surface area is 186 Å². The molecule has 4 rings (SSSR count). The molecule has 0 radical (unpaired) electrons. The van der Waals surface area contributed by atoms with Gasteiger partial charge >= 0.3 is 16.3 Å². The quantitative estimate of drug-likeness (QED) is 0.421. The highest BCUT2D eigenvalue weighted by Crippen LogP contribution is 2.46. The van der Waals surface area contributed by atoms with Gasteiger partial charge in [0.2, 0.25) is 14.7 Å². The van der Waals surface area contributed by atoms with E-state index in [0.29, 0.717) is 6.07 Å². The normalized spacial score (nSPS) is 18.6. The number of benzene rings is 3. The van der Waals surface area contributed by atoms with Crippen molar-refractivity contribution >= 4 is 30.5 Å². The fraction of sp³-hybridized carbons (Fsp3) is 0.0952. The van der Waals surface area contributed by atoms with Gasteiger partial charge in [-0.3, -0.25) is 4.55 Å². The molecule has 1 heterocycles. The Morgan fingerprint density at radius 2 is 1.48 bits per heavy atom. The first kappa shape index (κ1) is 23.0. The van der Waals surface area contributed by atoms with Gasteiger partial charge in [0.1, 0.15) is 4.91 Å². The van der Waals surface area contributed by atoms with Gasteiger partial charge < -0.3 is 5.73 Å². The number of sulfone groups is 1. The molecule has 3 aromatic carbocycles. The van der Waals surface area contributed by atoms with Crippen LogP contribution in [-0.2, 0) is 31.0 Å². The van der Waals surface area contributed by atoms with Crippen LogP contribution in [0.15, 0.2) is 82.7 Å². The molecule has 7 nitrogen and oxygen atoms in total. The molecule has 0 aromatic heterocycles. The summed E-state index contributed by atoms with van der Waals surface area (Å²) in [6.07, 6.45) is -4.96. The average Bonchev–Trinajstić information content (AvgIpc) is 3.11. The predicted molar refractivity (Wildman–Crippen MR) is 113 cm³/mol. The van der Waals surface area contributed by atoms with Crippen molar-refractivity contribution in [3.05, 3.63) is 94.5 Å². The molecule has 1 aliphatic rings. The van der Waals surface area contributed by atoms with Crippen LogP contribution in [0.5, 0.6) is 0 Å². The average molecular weight is 496 g/mol. The molecule has 0 amide bonds. The highest BCUT2D eigenvalue weighted by Gasteiger charge is 2.56. The van der Waals surface area contributed by atoms with E-state index >= 15 is 0 Å². The zero-order valence-electron chi connectivity index (χ0n) is 16.5. The summed E-state index contributed by atoms with van der Waals surface area (Å²) in [6, 6.07) is 14.3. The summed E-state index contributed by atoms with van der Waals surface area (Å²) in [5.74, 6) is 0. The van der Waals surface area contributed by atoms with E-state index in [0.717, 1.165) is 12.1 Å². The Kier molecular flexibility index (Phi) is 5.15. The Morgan fingerprint density at radius 1 is 0.879 bits per heavy atom. The molecule has 1 aliphatic heterocycles. The van der Waals surface area contributed by atoms with Crippen molar-refractivity contribution in [1.29, 1.82) is 0 Å². The Balaban J connectivity index is 2.16. The van der Waals surface area contributed by atoms with Crippen LogP contribution in [0.4, 0.5) is 18.9 Å². The van der Waals surface area contributed by atoms with Gasteiger partial charge in [0.25, 0.3) is 0 Å². The molecule has 0 saturated carbocycles. The lowest BCUT2D eigenvalue weighted by Crippen LogP contribution is -2.38. The number of nitrogens with zero attached hydrogens (tertiary/aromatic N) is 1. The Morgan fingerprint density at radius 3 is 2.09 bits per heavy atom. The van der Waals surface area contributed by atoms with E-state index in [9.17, 15) is 34.6 Å². The van der Waals surface area contributed by atoms with Crippen LogP contribution in [-0.4, -0.2) is 21.4 Å². The largest absolute Gasteiger partial charge is 0.418 e. The van der Waals surface area contributed by atoms with Gasteiger partial charge in [0, 0.05) is 16.5 Å². The summed E-state index contributed by atoms with van der Waals surface area (Å²) >= 11 is 0. The standard InChI is InChI=1S/C21H15F3N2O5S2/c22-21(23,24)16-12-14(10-11-17(16)25)32(27,28)19-15-8-4-5-9-18(15)26-20(19,33(29,30)31)13-6-2-1-3-7-13/h1-12H,25H2,(H,29,30,31). The van der Waals surface area contributed by atoms with Crippen LogP contribution in [0.25, 0.3) is 4.91 Å². The van der Waals surface area contributed by atoms with Gasteiger partial charge in [0.15, 0.2) is 0 Å². The summed E-state index contributed by atoms with van der Waals surface area (Å²) < 4.78 is 104. The minimum atomic E-state index is -5.30. The van der Waals surface area contributed by atoms with Crippen molar-refractivity contribution in [2.24, 2.45) is 4.99 Å². The number of anilines is 1. The third-order valence-electron chi connectivity index (χ3n) is 5.18. The van der Waals surface area contributed by atoms with E-state index in [4.69, 9.17) is 5.73 Å². The van der Waals surface area contributed by atoms with Crippen molar-refractivity contribution in [2.45, 2.75) is 15.9 Å². The minimum Gasteiger partial charge on any atom is -0.398 e. The molecule has 0 spiro atoms. The second-order valence-corrected chi connectivity index (χ2v) is 10.6. The van der Waals surface area contributed by atoms with Gasteiger partial charge in [-0.25, -0.2) is 13.4 Å². The lowest BCUT2D eigenvalue weighted by Gasteiger charge is -2.27. The van der Waals surface area contributed by atoms with Gasteiger partial charge in [-0.05, 0) is 24.3 Å². The van der Waals surface area contributed by atoms with Crippen LogP contribution in [0.2, 0.25) is 0 Å². The number of para-hydroxylation sites is 1. The monoisotopic (exact) mass is 496 g/mol. The second-order valence-electron chi connectivity index (χ2n) is 7.19. The van der Waals surface area contributed by atoms with Crippen molar-refractivity contribution in [3.63, 3.8) is 0 Å². The van der Waals surface area contributed by atoms with Gasteiger partial charge in [-0.1, -0.05) is 48.5 Å². The molecular weight excluding hydrogens is 481 g/mol. The smallest absolute Gasteiger partial charge is 0.398 e. The number of fused-ring (bicyclic) bond motifs is 1. The molecule has 0 saturated heterocycles. The molecule has 1 atom stereocenters. The molecule has 3 aromatic rings. The minimum absolute atomic E-state index is 0.0657. The zero-order valence-corrected chi connectivity index (χ0v) is 18.1. The molecule has 0 bridgehead atoms. The summed E-state index contributed by atoms with van der Waals surface area (Å²) in [4.78, 5) is -0.467. The lowest BCUT2D eigenvalue weighted by atomic mass is 10.1. The number of nitrogen functional groups attached to an aromatic ring is 1. The van der Waals surface area contributed by atoms with Crippen LogP contribution in [0.3, 0.4) is 0 Å². The van der Waals surface area contributed by atoms with E-state index in [2.05, 4.69) is 4.99 Å². The maximum atomic E-state index is 13.7. The van der Waals surface area contributed by atoms with Crippen molar-refractivity contribution in [1.82, 2.24) is 0 Å². The summed E-state index contributed by atoms with van der Waals surface area (Å²) in [7, 11) is -10.3. The molecule has 1 unspecified atom stereocenters. The molecule has 172 valence electrons. The van der Waals surface area contributed by atoms with E-state index in [1.807, 2.05) is 0 Å². The van der Waals surface area contributed by atoms with Crippen LogP contribution in [0, 0.1) is 0 Å². The Bertz CT molecular complexity index is 1600.